The number of ether oxygens (including phenoxy) is 1. The van der Waals surface area contributed by atoms with Crippen molar-refractivity contribution in [3.05, 3.63) is 64.2 Å². The van der Waals surface area contributed by atoms with Gasteiger partial charge in [0, 0.05) is 11.7 Å². The van der Waals surface area contributed by atoms with Crippen LogP contribution in [0.4, 0.5) is 10.5 Å². The molecular weight excluding hydrogens is 502 g/mol. The molecule has 0 saturated carbocycles. The molecule has 3 atom stereocenters. The van der Waals surface area contributed by atoms with Crippen molar-refractivity contribution in [2.75, 3.05) is 5.32 Å². The molecule has 0 aliphatic rings. The lowest BCUT2D eigenvalue weighted by molar-refractivity contribution is -0.143. The second kappa shape index (κ2) is 13.8. The lowest BCUT2D eigenvalue weighted by Gasteiger charge is -2.38. The molecule has 2 aromatic rings. The number of alkyl carbamates (subject to hydrolysis) is 1. The summed E-state index contributed by atoms with van der Waals surface area (Å²) in [5.41, 5.74) is 4.66. The first kappa shape index (κ1) is 32.9. The van der Waals surface area contributed by atoms with Gasteiger partial charge in [0.15, 0.2) is 0 Å². The number of anilines is 1. The zero-order valence-corrected chi connectivity index (χ0v) is 26.3. The van der Waals surface area contributed by atoms with Crippen molar-refractivity contribution in [1.29, 1.82) is 0 Å². The highest BCUT2D eigenvalue weighted by Gasteiger charge is 2.38. The molecule has 0 saturated heterocycles. The van der Waals surface area contributed by atoms with Crippen molar-refractivity contribution in [1.82, 2.24) is 10.2 Å². The third kappa shape index (κ3) is 9.39. The van der Waals surface area contributed by atoms with Crippen molar-refractivity contribution in [2.45, 2.75) is 113 Å². The predicted octanol–water partition coefficient (Wildman–Crippen LogP) is 7.17. The topological polar surface area (TPSA) is 87.7 Å². The molecule has 0 radical (unpaired) electrons. The summed E-state index contributed by atoms with van der Waals surface area (Å²) in [5, 5.41) is 5.83. The molecule has 2 aromatic carbocycles. The molecule has 3 amide bonds. The van der Waals surface area contributed by atoms with Crippen molar-refractivity contribution >= 4 is 23.6 Å². The minimum Gasteiger partial charge on any atom is -0.444 e. The molecule has 0 fully saturated rings. The fourth-order valence-corrected chi connectivity index (χ4v) is 4.89. The molecule has 0 aromatic heterocycles. The van der Waals surface area contributed by atoms with Crippen LogP contribution in [0.3, 0.4) is 0 Å². The summed E-state index contributed by atoms with van der Waals surface area (Å²) < 4.78 is 5.41. The van der Waals surface area contributed by atoms with Crippen molar-refractivity contribution in [3.63, 3.8) is 0 Å². The molecule has 2 N–H and O–H groups in total. The molecule has 0 heterocycles. The van der Waals surface area contributed by atoms with Crippen molar-refractivity contribution in [3.8, 4) is 0 Å². The maximum atomic E-state index is 14.2. The highest BCUT2D eigenvalue weighted by Crippen LogP contribution is 2.31. The van der Waals surface area contributed by atoms with Crippen LogP contribution < -0.4 is 10.6 Å². The average Bonchev–Trinajstić information content (AvgIpc) is 2.80. The summed E-state index contributed by atoms with van der Waals surface area (Å²) in [4.78, 5) is 42.7. The van der Waals surface area contributed by atoms with Crippen LogP contribution in [0.1, 0.15) is 95.2 Å². The van der Waals surface area contributed by atoms with Gasteiger partial charge in [-0.2, -0.15) is 0 Å². The summed E-state index contributed by atoms with van der Waals surface area (Å²) >= 11 is 0. The molecule has 0 aliphatic carbocycles. The summed E-state index contributed by atoms with van der Waals surface area (Å²) in [7, 11) is 0. The van der Waals surface area contributed by atoms with Gasteiger partial charge in [-0.1, -0.05) is 61.4 Å². The van der Waals surface area contributed by atoms with Gasteiger partial charge < -0.3 is 20.3 Å². The number of benzene rings is 2. The molecule has 0 bridgehead atoms. The second-order valence-corrected chi connectivity index (χ2v) is 12.5. The summed E-state index contributed by atoms with van der Waals surface area (Å²) in [6.07, 6.45) is 0.920. The van der Waals surface area contributed by atoms with E-state index in [2.05, 4.69) is 24.5 Å². The SMILES string of the molecule is Cc1cc(C)cc(C(C(=O)Nc2c(C)cccc2C)N(C(=O)C(C)NC(=O)OC(C)(C)C)C(C)CCC(C)C)c1. The van der Waals surface area contributed by atoms with E-state index in [-0.39, 0.29) is 17.9 Å². The Balaban J connectivity index is 2.62. The van der Waals surface area contributed by atoms with Crippen LogP contribution in [0.2, 0.25) is 0 Å². The van der Waals surface area contributed by atoms with Gasteiger partial charge in [-0.3, -0.25) is 9.59 Å². The maximum Gasteiger partial charge on any atom is 0.408 e. The van der Waals surface area contributed by atoms with Crippen LogP contribution >= 0.6 is 0 Å². The van der Waals surface area contributed by atoms with E-state index in [1.54, 1.807) is 32.6 Å². The Morgan fingerprint density at radius 3 is 1.93 bits per heavy atom. The number of aryl methyl sites for hydroxylation is 4. The predicted molar refractivity (Wildman–Crippen MR) is 162 cm³/mol. The van der Waals surface area contributed by atoms with E-state index in [9.17, 15) is 14.4 Å². The third-order valence-corrected chi connectivity index (χ3v) is 6.81. The summed E-state index contributed by atoms with van der Waals surface area (Å²) in [6, 6.07) is 9.75. The molecule has 40 heavy (non-hydrogen) atoms. The number of carbonyl (C=O) groups is 3. The van der Waals surface area contributed by atoms with Gasteiger partial charge in [0.1, 0.15) is 17.7 Å². The van der Waals surface area contributed by atoms with Crippen LogP contribution in [0, 0.1) is 33.6 Å². The Labute approximate surface area is 241 Å². The van der Waals surface area contributed by atoms with Gasteiger partial charge in [0.25, 0.3) is 5.91 Å². The first-order valence-electron chi connectivity index (χ1n) is 14.3. The zero-order valence-electron chi connectivity index (χ0n) is 26.3. The number of para-hydroxylation sites is 1. The first-order valence-corrected chi connectivity index (χ1v) is 14.3. The highest BCUT2D eigenvalue weighted by molar-refractivity contribution is 6.00. The third-order valence-electron chi connectivity index (χ3n) is 6.81. The first-order chi connectivity index (χ1) is 18.5. The second-order valence-electron chi connectivity index (χ2n) is 12.5. The van der Waals surface area contributed by atoms with E-state index in [4.69, 9.17) is 4.74 Å². The van der Waals surface area contributed by atoms with Crippen LogP contribution in [0.15, 0.2) is 36.4 Å². The maximum absolute atomic E-state index is 14.2. The van der Waals surface area contributed by atoms with Gasteiger partial charge in [-0.25, -0.2) is 4.79 Å². The Hall–Kier alpha value is -3.35. The Morgan fingerprint density at radius 1 is 0.875 bits per heavy atom. The summed E-state index contributed by atoms with van der Waals surface area (Å²) in [6.45, 7) is 21.1. The standard InChI is InChI=1S/C33H49N3O4/c1-20(2)15-16-25(7)36(31(38)26(8)34-32(39)40-33(9,10)11)29(27-18-21(3)17-22(4)19-27)30(37)35-28-23(5)13-12-14-24(28)6/h12-14,17-20,25-26,29H,15-16H2,1-11H3,(H,34,39)(H,35,37). The van der Waals surface area contributed by atoms with E-state index in [1.165, 1.54) is 0 Å². The minimum atomic E-state index is -0.907. The lowest BCUT2D eigenvalue weighted by Crippen LogP contribution is -2.54. The Kier molecular flexibility index (Phi) is 11.4. The number of hydrogen-bond acceptors (Lipinski definition) is 4. The van der Waals surface area contributed by atoms with Crippen molar-refractivity contribution in [2.24, 2.45) is 5.92 Å². The van der Waals surface area contributed by atoms with Gasteiger partial charge in [-0.05, 0) is 97.8 Å². The molecule has 0 aliphatic heterocycles. The zero-order chi connectivity index (χ0) is 30.4. The fourth-order valence-electron chi connectivity index (χ4n) is 4.89. The monoisotopic (exact) mass is 551 g/mol. The largest absolute Gasteiger partial charge is 0.444 e. The summed E-state index contributed by atoms with van der Waals surface area (Å²) in [5.74, 6) is -0.209. The molecule has 220 valence electrons. The van der Waals surface area contributed by atoms with E-state index < -0.39 is 23.8 Å². The van der Waals surface area contributed by atoms with Gasteiger partial charge in [0.05, 0.1) is 0 Å². The molecule has 3 unspecified atom stereocenters. The Morgan fingerprint density at radius 2 is 1.43 bits per heavy atom. The van der Waals surface area contributed by atoms with E-state index in [1.807, 2.05) is 71.0 Å². The van der Waals surface area contributed by atoms with Crippen LogP contribution in [-0.4, -0.2) is 40.5 Å². The van der Waals surface area contributed by atoms with Crippen LogP contribution in [-0.2, 0) is 14.3 Å². The highest BCUT2D eigenvalue weighted by atomic mass is 16.6. The average molecular weight is 552 g/mol. The quantitative estimate of drug-likeness (QED) is 0.328. The lowest BCUT2D eigenvalue weighted by atomic mass is 9.95. The van der Waals surface area contributed by atoms with Gasteiger partial charge >= 0.3 is 6.09 Å². The minimum absolute atomic E-state index is 0.271. The normalized spacial score (nSPS) is 13.8. The number of rotatable bonds is 10. The molecule has 7 heteroatoms. The van der Waals surface area contributed by atoms with E-state index >= 15 is 0 Å². The number of hydrogen-bond donors (Lipinski definition) is 2. The number of amides is 3. The Bertz CT molecular complexity index is 1160. The number of nitrogens with one attached hydrogen (secondary N) is 2. The van der Waals surface area contributed by atoms with Gasteiger partial charge in [0.2, 0.25) is 5.91 Å². The molecule has 7 nitrogen and oxygen atoms in total. The number of nitrogens with zero attached hydrogens (tertiary/aromatic N) is 1. The van der Waals surface area contributed by atoms with E-state index in [0.29, 0.717) is 12.3 Å². The van der Waals surface area contributed by atoms with Gasteiger partial charge in [-0.15, -0.1) is 0 Å². The van der Waals surface area contributed by atoms with Crippen molar-refractivity contribution < 1.29 is 19.1 Å². The van der Waals surface area contributed by atoms with E-state index in [0.717, 1.165) is 39.9 Å². The van der Waals surface area contributed by atoms with Crippen LogP contribution in [0.5, 0.6) is 0 Å². The molecular formula is C33H49N3O4. The fraction of sp³-hybridized carbons (Fsp3) is 0.545. The molecule has 2 rings (SSSR count). The van der Waals surface area contributed by atoms with Crippen LogP contribution in [0.25, 0.3) is 0 Å². The smallest absolute Gasteiger partial charge is 0.408 e. The molecule has 0 spiro atoms. The number of carbonyl (C=O) groups excluding carboxylic acids is 3.